The van der Waals surface area contributed by atoms with E-state index in [9.17, 15) is 14.9 Å². The number of rotatable bonds is 6. The van der Waals surface area contributed by atoms with Crippen molar-refractivity contribution in [2.75, 3.05) is 0 Å². The fourth-order valence-electron chi connectivity index (χ4n) is 2.47. The number of carbonyl (C=O) groups excluding carboxylic acids is 1. The number of benzene rings is 2. The van der Waals surface area contributed by atoms with Crippen LogP contribution in [0.25, 0.3) is 17.3 Å². The van der Waals surface area contributed by atoms with E-state index in [0.717, 1.165) is 11.1 Å². The van der Waals surface area contributed by atoms with Gasteiger partial charge in [0.1, 0.15) is 5.69 Å². The van der Waals surface area contributed by atoms with E-state index < -0.39 is 10.8 Å². The Labute approximate surface area is 160 Å². The van der Waals surface area contributed by atoms with E-state index in [4.69, 9.17) is 0 Å². The summed E-state index contributed by atoms with van der Waals surface area (Å²) in [6.07, 6.45) is 3.48. The molecule has 0 saturated carbocycles. The number of non-ortho nitro benzene ring substituents is 1. The standard InChI is InChI=1S/C20H17N5O3/c1-14(10-15-6-3-2-4-7-15)13-21-24-20(26)19-12-18(22-23-19)16-8-5-9-17(11-16)25(27)28/h2-13H,1H3,(H,22,23)(H,24,26)/b14-10?,21-13-. The normalized spacial score (nSPS) is 11.5. The molecule has 1 aromatic heterocycles. The molecule has 3 rings (SSSR count). The summed E-state index contributed by atoms with van der Waals surface area (Å²) >= 11 is 0. The summed E-state index contributed by atoms with van der Waals surface area (Å²) in [5.41, 5.74) is 5.44. The largest absolute Gasteiger partial charge is 0.289 e. The van der Waals surface area contributed by atoms with E-state index in [-0.39, 0.29) is 11.4 Å². The van der Waals surface area contributed by atoms with Gasteiger partial charge in [-0.3, -0.25) is 20.0 Å². The Morgan fingerprint density at radius 2 is 1.96 bits per heavy atom. The molecule has 0 spiro atoms. The van der Waals surface area contributed by atoms with Crippen LogP contribution in [0, 0.1) is 10.1 Å². The number of nitrogens with one attached hydrogen (secondary N) is 2. The highest BCUT2D eigenvalue weighted by atomic mass is 16.6. The van der Waals surface area contributed by atoms with Gasteiger partial charge in [-0.2, -0.15) is 10.2 Å². The van der Waals surface area contributed by atoms with Crippen LogP contribution in [0.15, 0.2) is 71.3 Å². The molecule has 3 aromatic rings. The second kappa shape index (κ2) is 8.54. The minimum atomic E-state index is -0.482. The minimum Gasteiger partial charge on any atom is -0.272 e. The fourth-order valence-corrected chi connectivity index (χ4v) is 2.47. The molecule has 0 radical (unpaired) electrons. The maximum Gasteiger partial charge on any atom is 0.289 e. The minimum absolute atomic E-state index is 0.0446. The van der Waals surface area contributed by atoms with Crippen molar-refractivity contribution in [1.29, 1.82) is 0 Å². The summed E-state index contributed by atoms with van der Waals surface area (Å²) in [4.78, 5) is 22.6. The first-order valence-electron chi connectivity index (χ1n) is 8.40. The highest BCUT2D eigenvalue weighted by molar-refractivity contribution is 5.94. The molecule has 28 heavy (non-hydrogen) atoms. The van der Waals surface area contributed by atoms with Gasteiger partial charge in [0.2, 0.25) is 0 Å². The number of aromatic amines is 1. The van der Waals surface area contributed by atoms with Gasteiger partial charge >= 0.3 is 0 Å². The number of nitrogens with zero attached hydrogens (tertiary/aromatic N) is 3. The van der Waals surface area contributed by atoms with Gasteiger partial charge in [-0.25, -0.2) is 5.43 Å². The van der Waals surface area contributed by atoms with Crippen molar-refractivity contribution in [3.63, 3.8) is 0 Å². The maximum absolute atomic E-state index is 12.2. The third-order valence-corrected chi connectivity index (χ3v) is 3.80. The van der Waals surface area contributed by atoms with Gasteiger partial charge in [0.05, 0.1) is 16.8 Å². The molecule has 2 aromatic carbocycles. The van der Waals surface area contributed by atoms with Crippen molar-refractivity contribution in [3.8, 4) is 11.3 Å². The lowest BCUT2D eigenvalue weighted by Gasteiger charge is -1.97. The molecule has 2 N–H and O–H groups in total. The first-order chi connectivity index (χ1) is 13.5. The van der Waals surface area contributed by atoms with Gasteiger partial charge in [0.25, 0.3) is 11.6 Å². The molecule has 140 valence electrons. The number of nitro benzene ring substituents is 1. The number of amides is 1. The average molecular weight is 375 g/mol. The number of hydrogen-bond donors (Lipinski definition) is 2. The zero-order valence-electron chi connectivity index (χ0n) is 15.0. The van der Waals surface area contributed by atoms with Gasteiger partial charge in [-0.05, 0) is 24.1 Å². The summed E-state index contributed by atoms with van der Waals surface area (Å²) < 4.78 is 0. The van der Waals surface area contributed by atoms with E-state index >= 15 is 0 Å². The van der Waals surface area contributed by atoms with Crippen molar-refractivity contribution in [3.05, 3.63) is 87.6 Å². The molecule has 1 heterocycles. The molecule has 1 amide bonds. The van der Waals surface area contributed by atoms with Crippen LogP contribution in [-0.2, 0) is 0 Å². The zero-order valence-corrected chi connectivity index (χ0v) is 15.0. The third-order valence-electron chi connectivity index (χ3n) is 3.80. The van der Waals surface area contributed by atoms with Crippen LogP contribution in [0.1, 0.15) is 23.0 Å². The molecule has 0 bridgehead atoms. The zero-order chi connectivity index (χ0) is 19.9. The molecular weight excluding hydrogens is 358 g/mol. The number of H-pyrrole nitrogens is 1. The van der Waals surface area contributed by atoms with E-state index in [1.54, 1.807) is 18.3 Å². The number of nitro groups is 1. The highest BCUT2D eigenvalue weighted by Gasteiger charge is 2.13. The summed E-state index contributed by atoms with van der Waals surface area (Å²) in [7, 11) is 0. The van der Waals surface area contributed by atoms with E-state index in [1.165, 1.54) is 18.2 Å². The fraction of sp³-hybridized carbons (Fsp3) is 0.0500. The molecule has 0 aliphatic rings. The molecule has 0 atom stereocenters. The lowest BCUT2D eigenvalue weighted by Crippen LogP contribution is -2.17. The molecule has 0 unspecified atom stereocenters. The Kier molecular flexibility index (Phi) is 5.71. The molecule has 0 aliphatic carbocycles. The first-order valence-corrected chi connectivity index (χ1v) is 8.40. The monoisotopic (exact) mass is 375 g/mol. The quantitative estimate of drug-likeness (QED) is 0.387. The van der Waals surface area contributed by atoms with Crippen LogP contribution in [-0.4, -0.2) is 27.2 Å². The average Bonchev–Trinajstić information content (AvgIpc) is 3.19. The number of hydrogen-bond acceptors (Lipinski definition) is 5. The van der Waals surface area contributed by atoms with E-state index in [1.807, 2.05) is 43.3 Å². The predicted molar refractivity (Wildman–Crippen MR) is 107 cm³/mol. The molecule has 8 nitrogen and oxygen atoms in total. The topological polar surface area (TPSA) is 113 Å². The van der Waals surface area contributed by atoms with Crippen LogP contribution >= 0.6 is 0 Å². The summed E-state index contributed by atoms with van der Waals surface area (Å²) in [6.45, 7) is 1.87. The summed E-state index contributed by atoms with van der Waals surface area (Å²) in [5.74, 6) is -0.465. The van der Waals surface area contributed by atoms with Crippen LogP contribution < -0.4 is 5.43 Å². The molecular formula is C20H17N5O3. The second-order valence-corrected chi connectivity index (χ2v) is 5.97. The van der Waals surface area contributed by atoms with Crippen molar-refractivity contribution in [1.82, 2.24) is 15.6 Å². The van der Waals surface area contributed by atoms with Gasteiger partial charge in [0, 0.05) is 17.7 Å². The molecule has 0 saturated heterocycles. The number of carbonyl (C=O) groups is 1. The van der Waals surface area contributed by atoms with Crippen molar-refractivity contribution in [2.24, 2.45) is 5.10 Å². The Hall–Kier alpha value is -4.07. The predicted octanol–water partition coefficient (Wildman–Crippen LogP) is 3.80. The number of aromatic nitrogens is 2. The van der Waals surface area contributed by atoms with Gasteiger partial charge in [-0.15, -0.1) is 0 Å². The van der Waals surface area contributed by atoms with E-state index in [0.29, 0.717) is 11.3 Å². The van der Waals surface area contributed by atoms with Crippen molar-refractivity contribution < 1.29 is 9.72 Å². The van der Waals surface area contributed by atoms with Gasteiger partial charge in [-0.1, -0.05) is 48.5 Å². The Bertz CT molecular complexity index is 1050. The Morgan fingerprint density at radius 1 is 1.18 bits per heavy atom. The molecule has 8 heteroatoms. The van der Waals surface area contributed by atoms with Crippen LogP contribution in [0.5, 0.6) is 0 Å². The van der Waals surface area contributed by atoms with Crippen LogP contribution in [0.2, 0.25) is 0 Å². The van der Waals surface area contributed by atoms with E-state index in [2.05, 4.69) is 20.7 Å². The van der Waals surface area contributed by atoms with Gasteiger partial charge in [0.15, 0.2) is 0 Å². The van der Waals surface area contributed by atoms with Crippen molar-refractivity contribution >= 4 is 23.9 Å². The SMILES string of the molecule is CC(=Cc1ccccc1)/C=N\NC(=O)c1cc(-c2cccc([N+](=O)[O-])c2)n[nH]1. The lowest BCUT2D eigenvalue weighted by molar-refractivity contribution is -0.384. The van der Waals surface area contributed by atoms with Gasteiger partial charge < -0.3 is 0 Å². The smallest absolute Gasteiger partial charge is 0.272 e. The van der Waals surface area contributed by atoms with Crippen LogP contribution in [0.4, 0.5) is 5.69 Å². The Morgan fingerprint density at radius 3 is 2.71 bits per heavy atom. The second-order valence-electron chi connectivity index (χ2n) is 5.97. The summed E-state index contributed by atoms with van der Waals surface area (Å²) in [6, 6.07) is 17.3. The molecule has 0 aliphatic heterocycles. The highest BCUT2D eigenvalue weighted by Crippen LogP contribution is 2.22. The Balaban J connectivity index is 1.65. The van der Waals surface area contributed by atoms with Crippen LogP contribution in [0.3, 0.4) is 0 Å². The third kappa shape index (κ3) is 4.76. The summed E-state index contributed by atoms with van der Waals surface area (Å²) in [5, 5.41) is 21.5. The first kappa shape index (κ1) is 18.7. The number of hydrazone groups is 1. The molecule has 0 fully saturated rings. The van der Waals surface area contributed by atoms with Crippen molar-refractivity contribution in [2.45, 2.75) is 6.92 Å². The number of allylic oxidation sites excluding steroid dienone is 1. The maximum atomic E-state index is 12.2. The lowest BCUT2D eigenvalue weighted by atomic mass is 10.1.